The molecule has 0 fully saturated rings. The minimum absolute atomic E-state index is 0.621. The monoisotopic (exact) mass is 752 g/mol. The van der Waals surface area contributed by atoms with Crippen LogP contribution in [0.1, 0.15) is 5.56 Å². The molecule has 0 saturated heterocycles. The predicted octanol–water partition coefficient (Wildman–Crippen LogP) is 13.7. The highest BCUT2D eigenvalue weighted by Crippen LogP contribution is 2.48. The maximum Gasteiger partial charge on any atom is 0.131 e. The summed E-state index contributed by atoms with van der Waals surface area (Å²) in [6.07, 6.45) is 8.13. The fourth-order valence-electron chi connectivity index (χ4n) is 9.61. The van der Waals surface area contributed by atoms with Crippen LogP contribution in [0.2, 0.25) is 0 Å². The van der Waals surface area contributed by atoms with Crippen LogP contribution in [0.4, 0.5) is 0 Å². The molecule has 276 valence electrons. The molecule has 0 aliphatic heterocycles. The zero-order valence-electron chi connectivity index (χ0n) is 32.1. The van der Waals surface area contributed by atoms with Gasteiger partial charge in [0.15, 0.2) is 0 Å². The lowest BCUT2D eigenvalue weighted by Crippen LogP contribution is -2.10. The Kier molecular flexibility index (Phi) is 7.20. The van der Waals surface area contributed by atoms with Crippen molar-refractivity contribution in [3.8, 4) is 39.1 Å². The number of benzene rings is 8. The van der Waals surface area contributed by atoms with E-state index in [0.29, 0.717) is 11.5 Å². The van der Waals surface area contributed by atoms with E-state index in [4.69, 9.17) is 10.7 Å². The molecule has 4 nitrogen and oxygen atoms in total. The SMILES string of the molecule is C=C(N=C1C=CC=C/C1=C(/N)c1ccc2c3c(cccc13)-c1ccccc1-2)n1c2ccccc2c2cc(-c3ccc4c(c3)c3ccccc3n4-c3ccccc3)ccc21. The third-order valence-electron chi connectivity index (χ3n) is 12.2. The van der Waals surface area contributed by atoms with Crippen LogP contribution in [0.15, 0.2) is 211 Å². The van der Waals surface area contributed by atoms with Gasteiger partial charge in [-0.15, -0.1) is 0 Å². The minimum atomic E-state index is 0.621. The van der Waals surface area contributed by atoms with Gasteiger partial charge in [0.25, 0.3) is 0 Å². The molecule has 12 rings (SSSR count). The van der Waals surface area contributed by atoms with Crippen molar-refractivity contribution in [2.45, 2.75) is 0 Å². The highest BCUT2D eigenvalue weighted by Gasteiger charge is 2.24. The average molecular weight is 753 g/mol. The number of para-hydroxylation sites is 3. The van der Waals surface area contributed by atoms with Crippen molar-refractivity contribution in [1.29, 1.82) is 0 Å². The Bertz CT molecular complexity index is 3540. The number of fused-ring (bicyclic) bond motifs is 9. The van der Waals surface area contributed by atoms with Gasteiger partial charge in [-0.3, -0.25) is 4.57 Å². The summed E-state index contributed by atoms with van der Waals surface area (Å²) in [4.78, 5) is 5.24. The first-order chi connectivity index (χ1) is 29.1. The van der Waals surface area contributed by atoms with Crippen molar-refractivity contribution in [2.75, 3.05) is 0 Å². The Balaban J connectivity index is 0.962. The topological polar surface area (TPSA) is 48.2 Å². The van der Waals surface area contributed by atoms with Crippen LogP contribution in [-0.4, -0.2) is 14.8 Å². The second kappa shape index (κ2) is 12.8. The smallest absolute Gasteiger partial charge is 0.131 e. The van der Waals surface area contributed by atoms with E-state index in [0.717, 1.165) is 55.3 Å². The van der Waals surface area contributed by atoms with Gasteiger partial charge >= 0.3 is 0 Å². The van der Waals surface area contributed by atoms with Gasteiger partial charge in [-0.05, 0) is 98.8 Å². The molecule has 2 heterocycles. The fraction of sp³-hybridized carbons (Fsp3) is 0. The molecule has 0 unspecified atom stereocenters. The van der Waals surface area contributed by atoms with Crippen LogP contribution in [0.5, 0.6) is 0 Å². The molecule has 0 atom stereocenters. The lowest BCUT2D eigenvalue weighted by molar-refractivity contribution is 1.18. The zero-order valence-corrected chi connectivity index (χ0v) is 32.1. The zero-order chi connectivity index (χ0) is 39.2. The third-order valence-corrected chi connectivity index (χ3v) is 12.2. The summed E-state index contributed by atoms with van der Waals surface area (Å²) in [7, 11) is 0. The number of allylic oxidation sites excluding steroid dienone is 5. The van der Waals surface area contributed by atoms with Gasteiger partial charge in [0, 0.05) is 44.1 Å². The number of rotatable bonds is 5. The van der Waals surface area contributed by atoms with Crippen LogP contribution < -0.4 is 5.73 Å². The normalized spacial score (nSPS) is 14.7. The summed E-state index contributed by atoms with van der Waals surface area (Å²) < 4.78 is 4.53. The number of hydrogen-bond donors (Lipinski definition) is 1. The maximum absolute atomic E-state index is 7.17. The number of hydrogen-bond acceptors (Lipinski definition) is 2. The lowest BCUT2D eigenvalue weighted by Gasteiger charge is -2.16. The van der Waals surface area contributed by atoms with Crippen molar-refractivity contribution >= 4 is 71.6 Å². The Morgan fingerprint density at radius 3 is 1.81 bits per heavy atom. The van der Waals surface area contributed by atoms with Crippen molar-refractivity contribution in [2.24, 2.45) is 10.7 Å². The summed E-state index contributed by atoms with van der Waals surface area (Å²) >= 11 is 0. The maximum atomic E-state index is 7.17. The molecule has 0 bridgehead atoms. The fourth-order valence-corrected chi connectivity index (χ4v) is 9.61. The predicted molar refractivity (Wildman–Crippen MR) is 250 cm³/mol. The number of nitrogens with two attached hydrogens (primary N) is 1. The van der Waals surface area contributed by atoms with Crippen LogP contribution in [-0.2, 0) is 0 Å². The van der Waals surface area contributed by atoms with Gasteiger partial charge in [-0.25, -0.2) is 4.99 Å². The lowest BCUT2D eigenvalue weighted by atomic mass is 9.93. The second-order valence-electron chi connectivity index (χ2n) is 15.4. The molecule has 2 N–H and O–H groups in total. The number of aliphatic imine (C=N–C) groups is 1. The van der Waals surface area contributed by atoms with E-state index < -0.39 is 0 Å². The van der Waals surface area contributed by atoms with Crippen LogP contribution in [0.3, 0.4) is 0 Å². The van der Waals surface area contributed by atoms with Gasteiger partial charge in [0.2, 0.25) is 0 Å². The van der Waals surface area contributed by atoms with Crippen molar-refractivity contribution in [1.82, 2.24) is 9.13 Å². The number of nitrogens with zero attached hydrogens (tertiary/aromatic N) is 3. The Hall–Kier alpha value is -7.95. The molecule has 10 aromatic rings. The summed E-state index contributed by atoms with van der Waals surface area (Å²) in [5.41, 5.74) is 23.5. The summed E-state index contributed by atoms with van der Waals surface area (Å²) in [6.45, 7) is 4.59. The van der Waals surface area contributed by atoms with E-state index in [1.54, 1.807) is 0 Å². The van der Waals surface area contributed by atoms with Crippen LogP contribution in [0, 0.1) is 0 Å². The summed E-state index contributed by atoms with van der Waals surface area (Å²) in [5.74, 6) is 0.621. The van der Waals surface area contributed by atoms with Gasteiger partial charge in [-0.1, -0.05) is 146 Å². The standard InChI is InChI=1S/C55H36N4/c1-34(57-49-23-10-7-20-46(49)55(56)45-29-28-44-39-17-6-5-16-38(39)42-21-13-22-43(45)54(42)44)58-50-24-11-8-18-40(50)47-32-35(26-30-52(47)58)36-27-31-53-48(33-36)41-19-9-12-25-51(41)59(53)37-14-3-2-4-15-37/h2-33H,1,56H2/b55-46-,57-49?. The van der Waals surface area contributed by atoms with E-state index in [1.165, 1.54) is 55.0 Å². The molecule has 0 radical (unpaired) electrons. The van der Waals surface area contributed by atoms with Gasteiger partial charge < -0.3 is 10.3 Å². The highest BCUT2D eigenvalue weighted by molar-refractivity contribution is 6.22. The minimum Gasteiger partial charge on any atom is -0.398 e. The first-order valence-corrected chi connectivity index (χ1v) is 20.0. The van der Waals surface area contributed by atoms with E-state index in [2.05, 4.69) is 192 Å². The largest absolute Gasteiger partial charge is 0.398 e. The highest BCUT2D eigenvalue weighted by atomic mass is 15.1. The molecule has 2 aliphatic carbocycles. The molecular weight excluding hydrogens is 717 g/mol. The van der Waals surface area contributed by atoms with Gasteiger partial charge in [0.05, 0.1) is 27.8 Å². The van der Waals surface area contributed by atoms with Crippen molar-refractivity contribution in [3.05, 3.63) is 212 Å². The molecule has 4 heteroatoms. The molecule has 0 amide bonds. The molecule has 2 aliphatic rings. The molecule has 8 aromatic carbocycles. The first kappa shape index (κ1) is 33.2. The van der Waals surface area contributed by atoms with E-state index >= 15 is 0 Å². The summed E-state index contributed by atoms with van der Waals surface area (Å²) in [6, 6.07) is 60.9. The van der Waals surface area contributed by atoms with Crippen molar-refractivity contribution in [3.63, 3.8) is 0 Å². The first-order valence-electron chi connectivity index (χ1n) is 20.0. The Morgan fingerprint density at radius 1 is 0.475 bits per heavy atom. The second-order valence-corrected chi connectivity index (χ2v) is 15.4. The van der Waals surface area contributed by atoms with Gasteiger partial charge in [0.1, 0.15) is 5.82 Å². The molecule has 0 saturated carbocycles. The quantitative estimate of drug-likeness (QED) is 0.187. The van der Waals surface area contributed by atoms with Crippen LogP contribution >= 0.6 is 0 Å². The number of aromatic nitrogens is 2. The molecule has 0 spiro atoms. The van der Waals surface area contributed by atoms with Crippen molar-refractivity contribution < 1.29 is 0 Å². The average Bonchev–Trinajstić information content (AvgIpc) is 3.93. The van der Waals surface area contributed by atoms with E-state index in [-0.39, 0.29) is 0 Å². The molecular formula is C55H36N4. The summed E-state index contributed by atoms with van der Waals surface area (Å²) in [5, 5.41) is 7.15. The Morgan fingerprint density at radius 2 is 1.03 bits per heavy atom. The Labute approximate surface area is 341 Å². The molecule has 59 heavy (non-hydrogen) atoms. The van der Waals surface area contributed by atoms with Crippen LogP contribution in [0.25, 0.3) is 105 Å². The molecule has 2 aromatic heterocycles. The van der Waals surface area contributed by atoms with E-state index in [9.17, 15) is 0 Å². The third kappa shape index (κ3) is 4.93. The van der Waals surface area contributed by atoms with Gasteiger partial charge in [-0.2, -0.15) is 0 Å². The van der Waals surface area contributed by atoms with E-state index in [1.807, 2.05) is 18.2 Å².